The second kappa shape index (κ2) is 5.51. The van der Waals surface area contributed by atoms with Gasteiger partial charge in [0.15, 0.2) is 0 Å². The molecule has 2 saturated carbocycles. The SMILES string of the molecule is CC1(c2c(F)cccc2F)CC1C(=O)NCC1(O)CC(C(=O)O)C1. The number of carboxylic acid groups (broad SMARTS) is 1. The fraction of sp³-hybridized carbons (Fsp3) is 0.529. The van der Waals surface area contributed by atoms with Crippen molar-refractivity contribution in [2.75, 3.05) is 6.54 Å². The third-order valence-electron chi connectivity index (χ3n) is 5.28. The number of aliphatic hydroxyl groups is 1. The number of halogens is 2. The molecule has 0 heterocycles. The van der Waals surface area contributed by atoms with Crippen LogP contribution in [0.15, 0.2) is 18.2 Å². The molecule has 2 atom stereocenters. The van der Waals surface area contributed by atoms with E-state index in [1.54, 1.807) is 6.92 Å². The minimum atomic E-state index is -1.22. The summed E-state index contributed by atoms with van der Waals surface area (Å²) in [7, 11) is 0. The molecule has 1 aromatic rings. The largest absolute Gasteiger partial charge is 0.481 e. The molecule has 2 unspecified atom stereocenters. The van der Waals surface area contributed by atoms with Crippen molar-refractivity contribution in [1.29, 1.82) is 0 Å². The van der Waals surface area contributed by atoms with Gasteiger partial charge < -0.3 is 15.5 Å². The maximum atomic E-state index is 13.9. The zero-order valence-electron chi connectivity index (χ0n) is 13.2. The van der Waals surface area contributed by atoms with E-state index in [0.29, 0.717) is 6.42 Å². The first-order chi connectivity index (χ1) is 11.2. The number of carbonyl (C=O) groups excluding carboxylic acids is 1. The quantitative estimate of drug-likeness (QED) is 0.760. The highest BCUT2D eigenvalue weighted by molar-refractivity contribution is 5.84. The normalized spacial score (nSPS) is 34.3. The summed E-state index contributed by atoms with van der Waals surface area (Å²) in [4.78, 5) is 23.0. The molecule has 1 amide bonds. The van der Waals surface area contributed by atoms with Crippen LogP contribution in [0.25, 0.3) is 0 Å². The van der Waals surface area contributed by atoms with Crippen molar-refractivity contribution in [2.24, 2.45) is 11.8 Å². The fourth-order valence-corrected chi connectivity index (χ4v) is 3.62. The Kier molecular flexibility index (Phi) is 3.86. The zero-order chi connectivity index (χ0) is 17.7. The first kappa shape index (κ1) is 16.8. The van der Waals surface area contributed by atoms with E-state index in [4.69, 9.17) is 5.11 Å². The number of rotatable bonds is 5. The molecule has 0 saturated heterocycles. The molecule has 3 N–H and O–H groups in total. The van der Waals surface area contributed by atoms with E-state index in [2.05, 4.69) is 5.32 Å². The average molecular weight is 339 g/mol. The van der Waals surface area contributed by atoms with Gasteiger partial charge in [0.25, 0.3) is 0 Å². The maximum absolute atomic E-state index is 13.9. The molecular formula is C17H19F2NO4. The number of aliphatic carboxylic acids is 1. The first-order valence-electron chi connectivity index (χ1n) is 7.84. The second-order valence-corrected chi connectivity index (χ2v) is 7.16. The Morgan fingerprint density at radius 1 is 1.25 bits per heavy atom. The highest BCUT2D eigenvalue weighted by Gasteiger charge is 2.58. The lowest BCUT2D eigenvalue weighted by Crippen LogP contribution is -2.54. The summed E-state index contributed by atoms with van der Waals surface area (Å²) in [5.41, 5.74) is -2.20. The van der Waals surface area contributed by atoms with Crippen molar-refractivity contribution in [3.05, 3.63) is 35.4 Å². The predicted molar refractivity (Wildman–Crippen MR) is 80.1 cm³/mol. The van der Waals surface area contributed by atoms with Crippen LogP contribution >= 0.6 is 0 Å². The lowest BCUT2D eigenvalue weighted by molar-refractivity contribution is -0.158. The van der Waals surface area contributed by atoms with Gasteiger partial charge in [0.05, 0.1) is 11.5 Å². The van der Waals surface area contributed by atoms with E-state index in [9.17, 15) is 23.5 Å². The predicted octanol–water partition coefficient (Wildman–Crippen LogP) is 1.58. The first-order valence-corrected chi connectivity index (χ1v) is 7.84. The summed E-state index contributed by atoms with van der Waals surface area (Å²) in [5.74, 6) is -3.85. The third kappa shape index (κ3) is 2.77. The average Bonchev–Trinajstić information content (AvgIpc) is 3.14. The summed E-state index contributed by atoms with van der Waals surface area (Å²) in [6.45, 7) is 1.58. The van der Waals surface area contributed by atoms with Gasteiger partial charge in [0, 0.05) is 23.4 Å². The Morgan fingerprint density at radius 3 is 2.38 bits per heavy atom. The molecule has 2 aliphatic carbocycles. The number of nitrogens with one attached hydrogen (secondary N) is 1. The van der Waals surface area contributed by atoms with Crippen LogP contribution in [0.2, 0.25) is 0 Å². The number of benzene rings is 1. The Labute approximate surface area is 137 Å². The molecule has 0 aliphatic heterocycles. The molecule has 1 aromatic carbocycles. The second-order valence-electron chi connectivity index (χ2n) is 7.16. The lowest BCUT2D eigenvalue weighted by atomic mass is 9.71. The molecule has 3 rings (SSSR count). The summed E-state index contributed by atoms with van der Waals surface area (Å²) < 4.78 is 27.8. The molecule has 7 heteroatoms. The van der Waals surface area contributed by atoms with Crippen LogP contribution in [-0.2, 0) is 15.0 Å². The van der Waals surface area contributed by atoms with Crippen LogP contribution in [-0.4, -0.2) is 34.2 Å². The molecule has 2 fully saturated rings. The van der Waals surface area contributed by atoms with Crippen molar-refractivity contribution >= 4 is 11.9 Å². The monoisotopic (exact) mass is 339 g/mol. The van der Waals surface area contributed by atoms with Gasteiger partial charge >= 0.3 is 5.97 Å². The topological polar surface area (TPSA) is 86.6 Å². The van der Waals surface area contributed by atoms with Crippen LogP contribution < -0.4 is 5.32 Å². The van der Waals surface area contributed by atoms with Crippen LogP contribution in [0, 0.1) is 23.5 Å². The third-order valence-corrected chi connectivity index (χ3v) is 5.28. The molecule has 2 aliphatic rings. The van der Waals surface area contributed by atoms with E-state index >= 15 is 0 Å². The fourth-order valence-electron chi connectivity index (χ4n) is 3.62. The summed E-state index contributed by atoms with van der Waals surface area (Å²) in [5, 5.41) is 21.5. The Morgan fingerprint density at radius 2 is 1.83 bits per heavy atom. The standard InChI is InChI=1S/C17H19F2NO4/c1-16(13-11(18)3-2-4-12(13)19)7-10(16)14(21)20-8-17(24)5-9(6-17)15(22)23/h2-4,9-10,24H,5-8H2,1H3,(H,20,21)(H,22,23). The Bertz CT molecular complexity index is 682. The van der Waals surface area contributed by atoms with E-state index in [1.807, 2.05) is 0 Å². The number of hydrogen-bond acceptors (Lipinski definition) is 3. The lowest BCUT2D eigenvalue weighted by Gasteiger charge is -2.41. The number of carbonyl (C=O) groups is 2. The highest BCUT2D eigenvalue weighted by atomic mass is 19.1. The highest BCUT2D eigenvalue weighted by Crippen LogP contribution is 2.55. The van der Waals surface area contributed by atoms with Gasteiger partial charge in [-0.3, -0.25) is 9.59 Å². The molecule has 0 bridgehead atoms. The molecular weight excluding hydrogens is 320 g/mol. The molecule has 0 spiro atoms. The van der Waals surface area contributed by atoms with Gasteiger partial charge in [-0.25, -0.2) is 8.78 Å². The molecule has 5 nitrogen and oxygen atoms in total. The van der Waals surface area contributed by atoms with Crippen molar-refractivity contribution in [2.45, 2.75) is 37.2 Å². The molecule has 130 valence electrons. The minimum absolute atomic E-state index is 0.0536. The van der Waals surface area contributed by atoms with Gasteiger partial charge in [-0.05, 0) is 31.4 Å². The molecule has 0 radical (unpaired) electrons. The van der Waals surface area contributed by atoms with Crippen LogP contribution in [0.1, 0.15) is 31.7 Å². The van der Waals surface area contributed by atoms with Crippen molar-refractivity contribution in [1.82, 2.24) is 5.32 Å². The summed E-state index contributed by atoms with van der Waals surface area (Å²) in [6, 6.07) is 3.61. The number of carboxylic acids is 1. The Balaban J connectivity index is 1.59. The van der Waals surface area contributed by atoms with Crippen molar-refractivity contribution in [3.63, 3.8) is 0 Å². The van der Waals surface area contributed by atoms with Gasteiger partial charge in [-0.2, -0.15) is 0 Å². The van der Waals surface area contributed by atoms with E-state index < -0.39 is 40.5 Å². The maximum Gasteiger partial charge on any atom is 0.306 e. The smallest absolute Gasteiger partial charge is 0.306 e. The molecule has 24 heavy (non-hydrogen) atoms. The zero-order valence-corrected chi connectivity index (χ0v) is 13.2. The van der Waals surface area contributed by atoms with Gasteiger partial charge in [-0.15, -0.1) is 0 Å². The van der Waals surface area contributed by atoms with E-state index in [1.165, 1.54) is 18.2 Å². The number of amides is 1. The summed E-state index contributed by atoms with van der Waals surface area (Å²) in [6.07, 6.45) is 0.506. The van der Waals surface area contributed by atoms with E-state index in [0.717, 1.165) is 0 Å². The van der Waals surface area contributed by atoms with Crippen molar-refractivity contribution < 1.29 is 28.6 Å². The Hall–Kier alpha value is -2.02. The van der Waals surface area contributed by atoms with Gasteiger partial charge in [0.2, 0.25) is 5.91 Å². The van der Waals surface area contributed by atoms with Gasteiger partial charge in [-0.1, -0.05) is 13.0 Å². The van der Waals surface area contributed by atoms with Crippen LogP contribution in [0.3, 0.4) is 0 Å². The van der Waals surface area contributed by atoms with Crippen LogP contribution in [0.5, 0.6) is 0 Å². The molecule has 0 aromatic heterocycles. The van der Waals surface area contributed by atoms with Crippen molar-refractivity contribution in [3.8, 4) is 0 Å². The van der Waals surface area contributed by atoms with E-state index in [-0.39, 0.29) is 30.9 Å². The van der Waals surface area contributed by atoms with Gasteiger partial charge in [0.1, 0.15) is 11.6 Å². The summed E-state index contributed by atoms with van der Waals surface area (Å²) >= 11 is 0. The van der Waals surface area contributed by atoms with Crippen LogP contribution in [0.4, 0.5) is 8.78 Å². The minimum Gasteiger partial charge on any atom is -0.481 e. The number of hydrogen-bond donors (Lipinski definition) is 3.